The van der Waals surface area contributed by atoms with Crippen molar-refractivity contribution in [2.45, 2.75) is 32.1 Å². The highest BCUT2D eigenvalue weighted by Crippen LogP contribution is 2.22. The van der Waals surface area contributed by atoms with Crippen LogP contribution in [0.1, 0.15) is 25.8 Å². The number of aliphatic carboxylic acids is 1. The molecule has 0 bridgehead atoms. The number of benzene rings is 1. The van der Waals surface area contributed by atoms with Gasteiger partial charge in [0.1, 0.15) is 10.7 Å². The van der Waals surface area contributed by atoms with Crippen LogP contribution in [-0.2, 0) is 14.8 Å². The lowest BCUT2D eigenvalue weighted by molar-refractivity contribution is -0.147. The molecule has 0 fully saturated rings. The summed E-state index contributed by atoms with van der Waals surface area (Å²) in [5, 5.41) is 9.09. The molecule has 0 saturated heterocycles. The summed E-state index contributed by atoms with van der Waals surface area (Å²) < 4.78 is 39.9. The van der Waals surface area contributed by atoms with Gasteiger partial charge in [-0.05, 0) is 38.0 Å². The first kappa shape index (κ1) is 16.6. The van der Waals surface area contributed by atoms with Crippen LogP contribution in [-0.4, -0.2) is 26.0 Å². The van der Waals surface area contributed by atoms with Gasteiger partial charge in [-0.25, -0.2) is 17.5 Å². The van der Waals surface area contributed by atoms with Crippen LogP contribution in [0.25, 0.3) is 0 Å². The molecule has 5 nitrogen and oxygen atoms in total. The maximum Gasteiger partial charge on any atom is 0.310 e. The van der Waals surface area contributed by atoms with Crippen LogP contribution in [0, 0.1) is 18.2 Å². The number of carboxylic acids is 1. The van der Waals surface area contributed by atoms with E-state index in [1.54, 1.807) is 13.8 Å². The average Bonchev–Trinajstić information content (AvgIpc) is 2.38. The molecule has 1 aromatic carbocycles. The van der Waals surface area contributed by atoms with E-state index in [4.69, 9.17) is 5.11 Å². The monoisotopic (exact) mass is 303 g/mol. The second kappa shape index (κ2) is 5.88. The standard InChI is InChI=1S/C13H18FNO4S/c1-4-13(3,12(16)17)8-15-20(18,19)11-7-9(2)5-6-10(11)14/h5-7,15H,4,8H2,1-3H3,(H,16,17). The lowest BCUT2D eigenvalue weighted by atomic mass is 9.88. The highest BCUT2D eigenvalue weighted by molar-refractivity contribution is 7.89. The van der Waals surface area contributed by atoms with Crippen molar-refractivity contribution >= 4 is 16.0 Å². The van der Waals surface area contributed by atoms with Crippen molar-refractivity contribution < 1.29 is 22.7 Å². The fraction of sp³-hybridized carbons (Fsp3) is 0.462. The van der Waals surface area contributed by atoms with E-state index in [9.17, 15) is 17.6 Å². The summed E-state index contributed by atoms with van der Waals surface area (Å²) in [5.74, 6) is -1.97. The third-order valence-electron chi connectivity index (χ3n) is 3.33. The second-order valence-electron chi connectivity index (χ2n) is 4.98. The highest BCUT2D eigenvalue weighted by Gasteiger charge is 2.33. The zero-order chi connectivity index (χ0) is 15.6. The highest BCUT2D eigenvalue weighted by atomic mass is 32.2. The van der Waals surface area contributed by atoms with Gasteiger partial charge in [0.05, 0.1) is 5.41 Å². The lowest BCUT2D eigenvalue weighted by Crippen LogP contribution is -2.40. The van der Waals surface area contributed by atoms with Gasteiger partial charge in [0.2, 0.25) is 10.0 Å². The van der Waals surface area contributed by atoms with Crippen molar-refractivity contribution in [3.05, 3.63) is 29.6 Å². The van der Waals surface area contributed by atoms with Gasteiger partial charge in [-0.2, -0.15) is 0 Å². The van der Waals surface area contributed by atoms with Crippen LogP contribution in [0.4, 0.5) is 4.39 Å². The van der Waals surface area contributed by atoms with Crippen LogP contribution >= 0.6 is 0 Å². The first-order valence-electron chi connectivity index (χ1n) is 6.11. The molecule has 7 heteroatoms. The molecule has 0 aliphatic carbocycles. The van der Waals surface area contributed by atoms with Gasteiger partial charge < -0.3 is 5.11 Å². The Morgan fingerprint density at radius 1 is 1.45 bits per heavy atom. The van der Waals surface area contributed by atoms with Gasteiger partial charge in [0, 0.05) is 6.54 Å². The number of sulfonamides is 1. The normalized spacial score (nSPS) is 14.8. The zero-order valence-electron chi connectivity index (χ0n) is 11.6. The third kappa shape index (κ3) is 3.55. The predicted molar refractivity (Wildman–Crippen MR) is 72.4 cm³/mol. The van der Waals surface area contributed by atoms with E-state index in [2.05, 4.69) is 4.72 Å². The first-order chi connectivity index (χ1) is 9.12. The third-order valence-corrected chi connectivity index (χ3v) is 4.74. The van der Waals surface area contributed by atoms with Crippen LogP contribution in [0.2, 0.25) is 0 Å². The molecule has 0 saturated carbocycles. The van der Waals surface area contributed by atoms with Gasteiger partial charge in [-0.1, -0.05) is 13.0 Å². The number of carbonyl (C=O) groups is 1. The van der Waals surface area contributed by atoms with Crippen molar-refractivity contribution in [2.75, 3.05) is 6.54 Å². The van der Waals surface area contributed by atoms with Crippen molar-refractivity contribution in [3.63, 3.8) is 0 Å². The topological polar surface area (TPSA) is 83.5 Å². The maximum atomic E-state index is 13.6. The molecular formula is C13H18FNO4S. The lowest BCUT2D eigenvalue weighted by Gasteiger charge is -2.23. The minimum Gasteiger partial charge on any atom is -0.481 e. The first-order valence-corrected chi connectivity index (χ1v) is 7.60. The molecule has 0 radical (unpaired) electrons. The van der Waals surface area contributed by atoms with E-state index in [0.717, 1.165) is 6.07 Å². The van der Waals surface area contributed by atoms with E-state index in [0.29, 0.717) is 5.56 Å². The molecule has 0 amide bonds. The fourth-order valence-electron chi connectivity index (χ4n) is 1.50. The van der Waals surface area contributed by atoms with E-state index in [1.807, 2.05) is 0 Å². The van der Waals surface area contributed by atoms with Crippen molar-refractivity contribution in [2.24, 2.45) is 5.41 Å². The summed E-state index contributed by atoms with van der Waals surface area (Å²) in [7, 11) is -4.08. The molecular weight excluding hydrogens is 285 g/mol. The molecule has 1 rings (SSSR count). The van der Waals surface area contributed by atoms with Gasteiger partial charge in [0.15, 0.2) is 0 Å². The molecule has 2 N–H and O–H groups in total. The van der Waals surface area contributed by atoms with Crippen LogP contribution in [0.5, 0.6) is 0 Å². The van der Waals surface area contributed by atoms with Crippen LogP contribution < -0.4 is 4.72 Å². The van der Waals surface area contributed by atoms with Crippen molar-refractivity contribution in [1.82, 2.24) is 4.72 Å². The number of halogens is 1. The number of hydrogen-bond acceptors (Lipinski definition) is 3. The summed E-state index contributed by atoms with van der Waals surface area (Å²) >= 11 is 0. The van der Waals surface area contributed by atoms with Crippen molar-refractivity contribution in [1.29, 1.82) is 0 Å². The minimum absolute atomic E-state index is 0.251. The molecule has 0 heterocycles. The molecule has 0 aliphatic rings. The molecule has 20 heavy (non-hydrogen) atoms. The van der Waals surface area contributed by atoms with Crippen molar-refractivity contribution in [3.8, 4) is 0 Å². The molecule has 1 aromatic rings. The SMILES string of the molecule is CCC(C)(CNS(=O)(=O)c1cc(C)ccc1F)C(=O)O. The molecule has 1 unspecified atom stereocenters. The zero-order valence-corrected chi connectivity index (χ0v) is 12.4. The summed E-state index contributed by atoms with van der Waals surface area (Å²) in [6, 6.07) is 3.74. The largest absolute Gasteiger partial charge is 0.481 e. The average molecular weight is 303 g/mol. The van der Waals surface area contributed by atoms with E-state index < -0.39 is 32.1 Å². The Morgan fingerprint density at radius 2 is 2.05 bits per heavy atom. The van der Waals surface area contributed by atoms with Gasteiger partial charge in [-0.15, -0.1) is 0 Å². The number of aryl methyl sites for hydroxylation is 1. The maximum absolute atomic E-state index is 13.6. The Hall–Kier alpha value is -1.47. The van der Waals surface area contributed by atoms with E-state index in [-0.39, 0.29) is 13.0 Å². The smallest absolute Gasteiger partial charge is 0.310 e. The molecule has 1 atom stereocenters. The number of carboxylic acid groups (broad SMARTS) is 1. The Morgan fingerprint density at radius 3 is 2.55 bits per heavy atom. The fourth-order valence-corrected chi connectivity index (χ4v) is 2.83. The van der Waals surface area contributed by atoms with Gasteiger partial charge in [-0.3, -0.25) is 4.79 Å². The Labute approximate surface area is 117 Å². The van der Waals surface area contributed by atoms with Gasteiger partial charge >= 0.3 is 5.97 Å². The Kier molecular flexibility index (Phi) is 4.88. The number of rotatable bonds is 6. The van der Waals surface area contributed by atoms with E-state index in [1.165, 1.54) is 19.1 Å². The Bertz CT molecular complexity index is 615. The van der Waals surface area contributed by atoms with Gasteiger partial charge in [0.25, 0.3) is 0 Å². The second-order valence-corrected chi connectivity index (χ2v) is 6.71. The molecule has 0 spiro atoms. The summed E-state index contributed by atoms with van der Waals surface area (Å²) in [6.07, 6.45) is 0.251. The minimum atomic E-state index is -4.08. The predicted octanol–water partition coefficient (Wildman–Crippen LogP) is 1.91. The number of hydrogen-bond donors (Lipinski definition) is 2. The number of nitrogens with one attached hydrogen (secondary N) is 1. The summed E-state index contributed by atoms with van der Waals surface area (Å²) in [5.41, 5.74) is -0.629. The Balaban J connectivity index is 3.02. The van der Waals surface area contributed by atoms with Crippen LogP contribution in [0.3, 0.4) is 0 Å². The molecule has 0 aromatic heterocycles. The molecule has 0 aliphatic heterocycles. The van der Waals surface area contributed by atoms with E-state index >= 15 is 0 Å². The van der Waals surface area contributed by atoms with Crippen LogP contribution in [0.15, 0.2) is 23.1 Å². The summed E-state index contributed by atoms with van der Waals surface area (Å²) in [6.45, 7) is 4.43. The summed E-state index contributed by atoms with van der Waals surface area (Å²) in [4.78, 5) is 10.6. The molecule has 112 valence electrons. The quantitative estimate of drug-likeness (QED) is 0.841.